The summed E-state index contributed by atoms with van der Waals surface area (Å²) >= 11 is 22.4. The summed E-state index contributed by atoms with van der Waals surface area (Å²) in [6, 6.07) is 69.0. The smallest absolute Gasteiger partial charge is 0.870 e. The van der Waals surface area contributed by atoms with Gasteiger partial charge in [0.05, 0.1) is 80.5 Å². The molecular weight excluding hydrogens is 1890 g/mol. The number of ketones is 1. The molecule has 13 aromatic rings. The Morgan fingerprint density at radius 2 is 0.693 bits per heavy atom. The van der Waals surface area contributed by atoms with Gasteiger partial charge < -0.3 is 93.0 Å². The Morgan fingerprint density at radius 1 is 0.371 bits per heavy atom. The van der Waals surface area contributed by atoms with E-state index in [0.717, 1.165) is 53.2 Å². The number of hydrogen-bond acceptors (Lipinski definition) is 28. The van der Waals surface area contributed by atoms with Crippen LogP contribution in [0.1, 0.15) is 96.1 Å². The number of carbonyl (C=O) groups is 10. The van der Waals surface area contributed by atoms with Crippen molar-refractivity contribution in [3.05, 3.63) is 325 Å². The molecule has 0 unspecified atom stereocenters. The molecule has 0 saturated carbocycles. The first-order chi connectivity index (χ1) is 66.4. The first-order valence-corrected chi connectivity index (χ1v) is 43.9. The molecule has 14 rings (SSSR count). The topological polar surface area (TPSA) is 535 Å². The number of benzene rings is 8. The summed E-state index contributed by atoms with van der Waals surface area (Å²) in [5.74, 6) is 3.11. The average molecular weight is 2000 g/mol. The second-order valence-corrected chi connectivity index (χ2v) is 30.4. The number of nitrogens with one attached hydrogen (secondary N) is 4. The molecule has 4 amide bonds. The van der Waals surface area contributed by atoms with E-state index in [1.807, 2.05) is 78.9 Å². The molecule has 0 saturated heterocycles. The summed E-state index contributed by atoms with van der Waals surface area (Å²) in [5, 5.41) is 28.2. The Labute approximate surface area is 849 Å². The molecule has 39 heteroatoms. The molecule has 8 aromatic carbocycles. The summed E-state index contributed by atoms with van der Waals surface area (Å²) in [5.41, 5.74) is 30.9. The minimum atomic E-state index is -0.995. The van der Waals surface area contributed by atoms with Crippen LogP contribution in [0.3, 0.4) is 0 Å². The monoisotopic (exact) mass is 1990 g/mol. The molecule has 1 aliphatic rings. The molecule has 1 aliphatic heterocycles. The number of hydrogen-bond donors (Lipinski definition) is 10. The van der Waals surface area contributed by atoms with Crippen molar-refractivity contribution in [1.82, 2.24) is 24.9 Å². The van der Waals surface area contributed by atoms with Crippen LogP contribution < -0.4 is 97.4 Å². The van der Waals surface area contributed by atoms with Gasteiger partial charge in [-0.3, -0.25) is 77.9 Å². The number of aliphatic carboxylic acids is 2. The number of ether oxygens (including phenoxy) is 7. The van der Waals surface area contributed by atoms with Crippen molar-refractivity contribution in [2.24, 2.45) is 4.99 Å². The van der Waals surface area contributed by atoms with E-state index >= 15 is 0 Å². The van der Waals surface area contributed by atoms with Gasteiger partial charge in [-0.15, -0.1) is 0 Å². The summed E-state index contributed by atoms with van der Waals surface area (Å²) in [7, 11) is 0. The van der Waals surface area contributed by atoms with Crippen LogP contribution in [0.5, 0.6) is 57.5 Å². The van der Waals surface area contributed by atoms with Gasteiger partial charge in [-0.05, 0) is 267 Å². The minimum Gasteiger partial charge on any atom is -0.870 e. The number of nitrogens with two attached hydrogens (primary N) is 4. The van der Waals surface area contributed by atoms with E-state index in [1.54, 1.807) is 234 Å². The summed E-state index contributed by atoms with van der Waals surface area (Å²) in [4.78, 5) is 135. The summed E-state index contributed by atoms with van der Waals surface area (Å²) < 4.78 is 37.3. The van der Waals surface area contributed by atoms with E-state index in [-0.39, 0.29) is 134 Å². The number of carboxylic acids is 2. The number of Topliss-reactive ketones (excluding diaryl/α,β-unsaturated/α-hetero) is 1. The van der Waals surface area contributed by atoms with Gasteiger partial charge in [-0.25, -0.2) is 0 Å². The maximum atomic E-state index is 12.2. The van der Waals surface area contributed by atoms with Gasteiger partial charge in [0.15, 0.2) is 0 Å². The molecule has 5 aromatic heterocycles. The third kappa shape index (κ3) is 48.9. The number of esters is 2. The number of amides is 4. The fourth-order valence-electron chi connectivity index (χ4n) is 11.1. The normalized spacial score (nSPS) is 10.1. The van der Waals surface area contributed by atoms with Crippen LogP contribution in [0, 0.1) is 0 Å². The predicted octanol–water partition coefficient (Wildman–Crippen LogP) is 18.0. The predicted molar refractivity (Wildman–Crippen MR) is 533 cm³/mol. The number of rotatable bonds is 33. The second kappa shape index (κ2) is 64.6. The number of nitrogen functional groups attached to an aromatic ring is 4. The summed E-state index contributed by atoms with van der Waals surface area (Å²) in [6.07, 6.45) is 18.8. The Morgan fingerprint density at radius 3 is 1.02 bits per heavy atom. The van der Waals surface area contributed by atoms with E-state index in [2.05, 4.69) is 55.9 Å². The average Bonchev–Trinajstić information content (AvgIpc) is 1.69. The maximum absolute atomic E-state index is 12.2. The van der Waals surface area contributed by atoms with Crippen molar-refractivity contribution < 1.29 is 126 Å². The van der Waals surface area contributed by atoms with Crippen molar-refractivity contribution in [2.75, 3.05) is 57.4 Å². The third-order valence-electron chi connectivity index (χ3n) is 17.6. The number of aliphatic imine (C=N–C) groups is 1. The van der Waals surface area contributed by atoms with E-state index in [4.69, 9.17) is 113 Å². The van der Waals surface area contributed by atoms with Crippen LogP contribution in [0.15, 0.2) is 304 Å². The molecule has 15 N–H and O–H groups in total. The molecule has 140 heavy (non-hydrogen) atoms. The zero-order valence-corrected chi connectivity index (χ0v) is 81.5. The molecule has 0 spiro atoms. The van der Waals surface area contributed by atoms with Crippen LogP contribution in [-0.2, 0) is 70.3 Å². The molecule has 0 bridgehead atoms. The van der Waals surface area contributed by atoms with Gasteiger partial charge in [-0.1, -0.05) is 46.9 Å². The molecule has 0 radical (unpaired) electrons. The van der Waals surface area contributed by atoms with E-state index in [0.29, 0.717) is 127 Å². The molecule has 34 nitrogen and oxygen atoms in total. The quantitative estimate of drug-likeness (QED) is 0.00790. The van der Waals surface area contributed by atoms with Crippen LogP contribution >= 0.6 is 46.4 Å². The van der Waals surface area contributed by atoms with Gasteiger partial charge in [0.1, 0.15) is 63.3 Å². The molecular formula is C101H101Cl4N14NaO20. The van der Waals surface area contributed by atoms with E-state index in [9.17, 15) is 43.2 Å². The number of fused-ring (bicyclic) bond motifs is 1. The van der Waals surface area contributed by atoms with Gasteiger partial charge in [0.2, 0.25) is 28.9 Å². The van der Waals surface area contributed by atoms with Crippen molar-refractivity contribution >= 4 is 162 Å². The van der Waals surface area contributed by atoms with Gasteiger partial charge in [0.25, 0.3) is 5.97 Å². The standard InChI is InChI=1S/C22H20ClN3O3.C22H18ClN3O2.C17H18N2O4.C15H14N2O4.C11H10N2O.C6H7ClN2.C6H9ClO3.C2H4O2.Na.H2O/c23-16-4-3-15(21(24)13-16)12-18(27)7-10-22(28)26-17-5-8-19(9-6-17)29-20-2-1-11-25-14-20;23-16-4-3-15-12-18(25-21(15)13-16)7-10-22(27)26-17-5-8-19(9-6-17)28-20-2-1-11-24-14-20;1-2-22-17(21)10-9-16(20)19-13-5-7-14(8-6-13)23-15-4-3-11-18-12-15;18-14(7-8-15(19)20)17-11-3-5-12(6-4-11)21-13-2-1-9-16-10-13;12-9-3-5-10(6-4-9)14-11-2-1-7-13-8-11;7-4-1-2-5(8)6(9)3-4;1-2-10-6(9)4-3-5(7)8;1-2(3)4;;/h1-6,8-9,11,13-14H,7,10,12,24H2,(H,26,28);1-6,8-9,11,13-14H,7,10,12H2,(H,26,27);3-8,11-12H,2,9-10H2,1H3,(H,19,20);1-6,9-10H,7-8H2,(H,17,18)(H,19,20);1-8H,12H2;1-3H,8-9H2;2-4H2,1H3;1H3,(H,3,4);;1H2/q;;;;;;;;+1;/p-1. The number of carbonyl (C=O) groups excluding carboxylic acids is 8. The Kier molecular flexibility index (Phi) is 53.1. The zero-order valence-electron chi connectivity index (χ0n) is 76.5. The molecule has 0 atom stereocenters. The Hall–Kier alpha value is -15.4. The van der Waals surface area contributed by atoms with Crippen LogP contribution in [0.2, 0.25) is 15.1 Å². The number of halogens is 4. The van der Waals surface area contributed by atoms with Gasteiger partial charge in [-0.2, -0.15) is 0 Å². The minimum absolute atomic E-state index is 0. The number of nitrogens with zero attached hydrogens (tertiary/aromatic N) is 6. The first-order valence-electron chi connectivity index (χ1n) is 42.4. The number of pyridine rings is 5. The second-order valence-electron chi connectivity index (χ2n) is 28.7. The molecule has 0 aliphatic carbocycles. The maximum Gasteiger partial charge on any atom is 1.00 e. The van der Waals surface area contributed by atoms with Crippen molar-refractivity contribution in [3.63, 3.8) is 0 Å². The van der Waals surface area contributed by atoms with E-state index < -0.39 is 17.2 Å². The largest absolute Gasteiger partial charge is 1.00 e. The fraction of sp³-hybridized carbons (Fsp3) is 0.168. The van der Waals surface area contributed by atoms with Crippen LogP contribution in [0.4, 0.5) is 51.2 Å². The Balaban J connectivity index is 0.000000294. The number of carboxylic acid groups (broad SMARTS) is 2. The van der Waals surface area contributed by atoms with Gasteiger partial charge in [0, 0.05) is 144 Å². The van der Waals surface area contributed by atoms with Crippen molar-refractivity contribution in [2.45, 2.75) is 97.8 Å². The first kappa shape index (κ1) is 115. The molecule has 724 valence electrons. The molecule has 6 heterocycles. The van der Waals surface area contributed by atoms with Crippen LogP contribution in [0.25, 0.3) is 0 Å². The Bertz CT molecular complexity index is 6070. The fourth-order valence-corrected chi connectivity index (χ4v) is 11.7. The number of anilines is 8. The zero-order chi connectivity index (χ0) is 99.8. The third-order valence-corrected chi connectivity index (χ3v) is 18.5. The summed E-state index contributed by atoms with van der Waals surface area (Å²) in [6.45, 7) is 5.18. The van der Waals surface area contributed by atoms with Gasteiger partial charge >= 0.3 is 47.5 Å². The van der Waals surface area contributed by atoms with E-state index in [1.165, 1.54) is 0 Å². The molecule has 0 fully saturated rings. The van der Waals surface area contributed by atoms with Crippen molar-refractivity contribution in [3.8, 4) is 57.5 Å². The number of aromatic nitrogens is 5. The van der Waals surface area contributed by atoms with Crippen molar-refractivity contribution in [1.29, 1.82) is 0 Å². The SMILES string of the molecule is CC(=O)O.CCOC(=O)CCC(=O)Cl.CCOC(=O)CCC(=O)Nc1ccc(Oc2cccnc2)cc1.Nc1cc(Cl)ccc1CC(=O)CCC(=O)Nc1ccc(Oc2cccnc2)cc1.Nc1ccc(Cl)cc1N.Nc1ccc(Oc2cccnc2)cc1.O=C(CCC1=Nc2cc(Cl)ccc2C1)Nc1ccc(Oc2cccnc2)cc1.O=C(O)CCC(=O)Nc1ccc(Oc2cccnc2)cc1.[Na+].[OH-]. The van der Waals surface area contributed by atoms with Crippen LogP contribution in [-0.4, -0.2) is 118 Å².